The van der Waals surface area contributed by atoms with Crippen LogP contribution < -0.4 is 5.32 Å². The highest BCUT2D eigenvalue weighted by Crippen LogP contribution is 2.14. The summed E-state index contributed by atoms with van der Waals surface area (Å²) in [6.45, 7) is 1.68. The van der Waals surface area contributed by atoms with Gasteiger partial charge in [-0.25, -0.2) is 0 Å². The Morgan fingerprint density at radius 3 is 2.27 bits per heavy atom. The Hall–Kier alpha value is -0.370. The third-order valence-electron chi connectivity index (χ3n) is 1.40. The predicted octanol–water partition coefficient (Wildman–Crippen LogP) is 0.775. The Balaban J connectivity index is 2.99. The van der Waals surface area contributed by atoms with Gasteiger partial charge in [0.2, 0.25) is 0 Å². The fourth-order valence-corrected chi connectivity index (χ4v) is 0.753. The average Bonchev–Trinajstić information content (AvgIpc) is 2.14. The highest BCUT2D eigenvalue weighted by molar-refractivity contribution is 4.45. The van der Waals surface area contributed by atoms with Gasteiger partial charge in [0, 0.05) is 20.2 Å². The van der Waals surface area contributed by atoms with E-state index in [0.29, 0.717) is 26.4 Å². The van der Waals surface area contributed by atoms with Gasteiger partial charge in [0.25, 0.3) is 0 Å². The van der Waals surface area contributed by atoms with E-state index >= 15 is 0 Å². The molecule has 7 heteroatoms. The first-order valence-corrected chi connectivity index (χ1v) is 4.54. The van der Waals surface area contributed by atoms with Crippen LogP contribution in [0.4, 0.5) is 13.2 Å². The second kappa shape index (κ2) is 8.90. The van der Waals surface area contributed by atoms with Crippen molar-refractivity contribution in [1.82, 2.24) is 5.32 Å². The number of hydrogen-bond acceptors (Lipinski definition) is 4. The van der Waals surface area contributed by atoms with Crippen LogP contribution >= 0.6 is 0 Å². The number of halogens is 3. The molecule has 0 saturated heterocycles. The lowest BCUT2D eigenvalue weighted by Crippen LogP contribution is -2.27. The lowest BCUT2D eigenvalue weighted by Gasteiger charge is -2.08. The third kappa shape index (κ3) is 13.6. The molecule has 92 valence electrons. The molecule has 0 aliphatic heterocycles. The second-order valence-corrected chi connectivity index (χ2v) is 2.65. The number of nitrogens with one attached hydrogen (secondary N) is 1. The Morgan fingerprint density at radius 2 is 1.67 bits per heavy atom. The Morgan fingerprint density at radius 1 is 1.00 bits per heavy atom. The molecule has 0 rings (SSSR count). The summed E-state index contributed by atoms with van der Waals surface area (Å²) in [6.07, 6.45) is -4.54. The van der Waals surface area contributed by atoms with Crippen molar-refractivity contribution in [3.05, 3.63) is 0 Å². The molecule has 1 N–H and O–H groups in total. The molecule has 0 aromatic heterocycles. The smallest absolute Gasteiger partial charge is 0.382 e. The quantitative estimate of drug-likeness (QED) is 0.595. The van der Waals surface area contributed by atoms with Crippen molar-refractivity contribution in [3.63, 3.8) is 0 Å². The van der Waals surface area contributed by atoms with Crippen LogP contribution in [0.15, 0.2) is 0 Å². The maximum Gasteiger partial charge on any atom is 0.522 e. The zero-order valence-corrected chi connectivity index (χ0v) is 8.60. The van der Waals surface area contributed by atoms with Crippen LogP contribution in [0.2, 0.25) is 0 Å². The number of hydrogen-bond donors (Lipinski definition) is 1. The first kappa shape index (κ1) is 14.6. The molecule has 0 fully saturated rings. The molecule has 0 aromatic carbocycles. The van der Waals surface area contributed by atoms with Crippen LogP contribution in [0.1, 0.15) is 0 Å². The van der Waals surface area contributed by atoms with E-state index in [1.54, 1.807) is 7.11 Å². The van der Waals surface area contributed by atoms with Crippen LogP contribution in [0.5, 0.6) is 0 Å². The minimum absolute atomic E-state index is 0.146. The van der Waals surface area contributed by atoms with Crippen LogP contribution in [-0.4, -0.2) is 53.0 Å². The van der Waals surface area contributed by atoms with Crippen LogP contribution in [0, 0.1) is 0 Å². The summed E-state index contributed by atoms with van der Waals surface area (Å²) in [6, 6.07) is 0. The van der Waals surface area contributed by atoms with E-state index in [9.17, 15) is 13.2 Å². The SMILES string of the molecule is COCCOCCNCCOC(F)(F)F. The van der Waals surface area contributed by atoms with E-state index in [2.05, 4.69) is 10.1 Å². The Labute approximate surface area is 86.7 Å². The van der Waals surface area contributed by atoms with E-state index in [0.717, 1.165) is 0 Å². The molecule has 0 spiro atoms. The third-order valence-corrected chi connectivity index (χ3v) is 1.40. The fraction of sp³-hybridized carbons (Fsp3) is 1.00. The summed E-state index contributed by atoms with van der Waals surface area (Å²) in [5, 5.41) is 2.74. The van der Waals surface area contributed by atoms with Gasteiger partial charge in [-0.2, -0.15) is 0 Å². The summed E-state index contributed by atoms with van der Waals surface area (Å²) in [5.41, 5.74) is 0. The topological polar surface area (TPSA) is 39.7 Å². The molecule has 15 heavy (non-hydrogen) atoms. The molecule has 0 aliphatic carbocycles. The number of alkyl halides is 3. The number of rotatable bonds is 9. The van der Waals surface area contributed by atoms with Gasteiger partial charge in [-0.3, -0.25) is 4.74 Å². The van der Waals surface area contributed by atoms with Gasteiger partial charge in [0.05, 0.1) is 26.4 Å². The average molecular weight is 231 g/mol. The molecule has 4 nitrogen and oxygen atoms in total. The van der Waals surface area contributed by atoms with Crippen molar-refractivity contribution in [2.45, 2.75) is 6.36 Å². The van der Waals surface area contributed by atoms with Gasteiger partial charge in [0.1, 0.15) is 0 Å². The minimum atomic E-state index is -4.54. The molecule has 0 aromatic rings. The Kier molecular flexibility index (Phi) is 8.68. The van der Waals surface area contributed by atoms with E-state index < -0.39 is 6.36 Å². The molecule has 0 radical (unpaired) electrons. The van der Waals surface area contributed by atoms with Crippen LogP contribution in [-0.2, 0) is 14.2 Å². The maximum absolute atomic E-state index is 11.5. The number of ether oxygens (including phenoxy) is 3. The van der Waals surface area contributed by atoms with Gasteiger partial charge < -0.3 is 14.8 Å². The first-order valence-electron chi connectivity index (χ1n) is 4.54. The molecule has 0 amide bonds. The number of methoxy groups -OCH3 is 1. The van der Waals surface area contributed by atoms with Crippen molar-refractivity contribution in [1.29, 1.82) is 0 Å². The van der Waals surface area contributed by atoms with Gasteiger partial charge in [-0.15, -0.1) is 13.2 Å². The predicted molar refractivity (Wildman–Crippen MR) is 47.6 cm³/mol. The molecule has 0 heterocycles. The standard InChI is InChI=1S/C8H16F3NO3/c1-13-6-7-14-4-2-12-3-5-15-8(9,10)11/h12H,2-7H2,1H3. The highest BCUT2D eigenvalue weighted by atomic mass is 19.4. The largest absolute Gasteiger partial charge is 0.522 e. The van der Waals surface area contributed by atoms with Crippen molar-refractivity contribution in [3.8, 4) is 0 Å². The van der Waals surface area contributed by atoms with E-state index in [-0.39, 0.29) is 13.2 Å². The zero-order valence-electron chi connectivity index (χ0n) is 8.60. The van der Waals surface area contributed by atoms with Gasteiger partial charge >= 0.3 is 6.36 Å². The maximum atomic E-state index is 11.5. The fourth-order valence-electron chi connectivity index (χ4n) is 0.753. The van der Waals surface area contributed by atoms with E-state index in [4.69, 9.17) is 9.47 Å². The van der Waals surface area contributed by atoms with Crippen molar-refractivity contribution < 1.29 is 27.4 Å². The molecule has 0 aliphatic rings. The minimum Gasteiger partial charge on any atom is -0.382 e. The molecular formula is C8H16F3NO3. The van der Waals surface area contributed by atoms with Crippen molar-refractivity contribution in [2.24, 2.45) is 0 Å². The summed E-state index contributed by atoms with van der Waals surface area (Å²) in [4.78, 5) is 0. The van der Waals surface area contributed by atoms with Crippen molar-refractivity contribution >= 4 is 0 Å². The lowest BCUT2D eigenvalue weighted by atomic mass is 10.6. The molecular weight excluding hydrogens is 215 g/mol. The second-order valence-electron chi connectivity index (χ2n) is 2.65. The van der Waals surface area contributed by atoms with Gasteiger partial charge in [-0.1, -0.05) is 0 Å². The zero-order chi connectivity index (χ0) is 11.6. The summed E-state index contributed by atoms with van der Waals surface area (Å²) in [5.74, 6) is 0. The van der Waals surface area contributed by atoms with Gasteiger partial charge in [-0.05, 0) is 0 Å². The first-order chi connectivity index (χ1) is 7.06. The summed E-state index contributed by atoms with van der Waals surface area (Å²) >= 11 is 0. The van der Waals surface area contributed by atoms with Gasteiger partial charge in [0.15, 0.2) is 0 Å². The van der Waals surface area contributed by atoms with E-state index in [1.807, 2.05) is 0 Å². The van der Waals surface area contributed by atoms with Crippen LogP contribution in [0.3, 0.4) is 0 Å². The molecule has 0 atom stereocenters. The summed E-state index contributed by atoms with van der Waals surface area (Å²) < 4.78 is 47.8. The van der Waals surface area contributed by atoms with Crippen LogP contribution in [0.25, 0.3) is 0 Å². The van der Waals surface area contributed by atoms with E-state index in [1.165, 1.54) is 0 Å². The normalized spacial score (nSPS) is 12.0. The molecule has 0 bridgehead atoms. The molecule has 0 saturated carbocycles. The highest BCUT2D eigenvalue weighted by Gasteiger charge is 2.28. The monoisotopic (exact) mass is 231 g/mol. The summed E-state index contributed by atoms with van der Waals surface area (Å²) in [7, 11) is 1.57. The Bertz CT molecular complexity index is 144. The molecule has 0 unspecified atom stereocenters. The lowest BCUT2D eigenvalue weighted by molar-refractivity contribution is -0.323. The van der Waals surface area contributed by atoms with Crippen molar-refractivity contribution in [2.75, 3.05) is 46.6 Å².